The first-order chi connectivity index (χ1) is 44.6. The quantitative estimate of drug-likeness (QED) is 0.0752. The van der Waals surface area contributed by atoms with Crippen molar-refractivity contribution >= 4 is 59.3 Å². The molecule has 21 nitrogen and oxygen atoms in total. The molecular weight excluding hydrogens is 1190 g/mol. The van der Waals surface area contributed by atoms with Crippen molar-refractivity contribution < 1.29 is 57.4 Å². The minimum atomic E-state index is -1.03. The topological polar surface area (TPSA) is 262 Å². The van der Waals surface area contributed by atoms with Gasteiger partial charge in [0.25, 0.3) is 11.8 Å². The Kier molecular flexibility index (Phi) is 23.0. The fraction of sp³-hybridized carbons (Fsp3) is 0.616. The highest BCUT2D eigenvalue weighted by Gasteiger charge is 2.48. The SMILES string of the molecule is C[C@@H](C(=O)C[C@H](C(=O)N1C[C@@H](NC(=O)c2ccc(C(=O)N[C@H]3C[C@@H](C(=O)N[C@@H]4CCCc5ccccc54)N(C(=O)[C@@H](NC(=O)[C@H](C)N(C)C(=O)OC(C)(C)C)C4CCCCC4)C3)cc2)C[C@H]1C(=O)N[C@@H]1CCCc2ccccc21)C1CCCCC1)N(C)C(=O)OC(C)(C)C. The van der Waals surface area contributed by atoms with E-state index >= 15 is 9.59 Å². The van der Waals surface area contributed by atoms with E-state index in [2.05, 4.69) is 38.7 Å². The molecule has 3 aromatic carbocycles. The van der Waals surface area contributed by atoms with E-state index in [1.165, 1.54) is 53.1 Å². The normalized spacial score (nSPS) is 23.0. The molecule has 2 aliphatic heterocycles. The van der Waals surface area contributed by atoms with E-state index < -0.39 is 95.2 Å². The Morgan fingerprint density at radius 3 is 1.37 bits per heavy atom. The maximum atomic E-state index is 15.3. The number of ether oxygens (including phenoxy) is 2. The van der Waals surface area contributed by atoms with Gasteiger partial charge >= 0.3 is 12.2 Å². The number of nitrogens with zero attached hydrogens (tertiary/aromatic N) is 4. The molecule has 2 saturated carbocycles. The van der Waals surface area contributed by atoms with Gasteiger partial charge in [-0.25, -0.2) is 9.59 Å². The van der Waals surface area contributed by atoms with E-state index in [4.69, 9.17) is 9.47 Å². The molecule has 0 spiro atoms. The van der Waals surface area contributed by atoms with Crippen molar-refractivity contribution in [1.82, 2.24) is 46.2 Å². The van der Waals surface area contributed by atoms with Crippen LogP contribution in [-0.4, -0.2) is 160 Å². The molecule has 6 aliphatic rings. The Morgan fingerprint density at radius 1 is 0.511 bits per heavy atom. The molecule has 9 amide bonds. The maximum absolute atomic E-state index is 15.3. The van der Waals surface area contributed by atoms with Gasteiger partial charge in [-0.2, -0.15) is 0 Å². The summed E-state index contributed by atoms with van der Waals surface area (Å²) in [7, 11) is 2.98. The number of likely N-dealkylation sites (tertiary alicyclic amines) is 2. The first-order valence-electron chi connectivity index (χ1n) is 34.5. The number of hydrogen-bond acceptors (Lipinski definition) is 12. The lowest BCUT2D eigenvalue weighted by Gasteiger charge is -2.36. The van der Waals surface area contributed by atoms with Gasteiger partial charge in [-0.05, 0) is 191 Å². The van der Waals surface area contributed by atoms with Crippen LogP contribution in [0.3, 0.4) is 0 Å². The fourth-order valence-electron chi connectivity index (χ4n) is 14.8. The number of rotatable bonds is 19. The van der Waals surface area contributed by atoms with Crippen LogP contribution in [0.1, 0.15) is 220 Å². The highest BCUT2D eigenvalue weighted by atomic mass is 16.6. The lowest BCUT2D eigenvalue weighted by atomic mass is 9.76. The van der Waals surface area contributed by atoms with Crippen LogP contribution in [0.4, 0.5) is 9.59 Å². The second-order valence-electron chi connectivity index (χ2n) is 29.3. The third-order valence-corrected chi connectivity index (χ3v) is 20.2. The average Bonchev–Trinajstić information content (AvgIpc) is 1.60. The van der Waals surface area contributed by atoms with Crippen molar-refractivity contribution in [3.05, 3.63) is 106 Å². The summed E-state index contributed by atoms with van der Waals surface area (Å²) in [6.07, 6.45) is 11.9. The molecule has 0 bridgehead atoms. The summed E-state index contributed by atoms with van der Waals surface area (Å²) in [6.45, 7) is 13.6. The molecule has 5 N–H and O–H groups in total. The molecule has 4 aliphatic carbocycles. The van der Waals surface area contributed by atoms with Crippen molar-refractivity contribution in [2.24, 2.45) is 17.8 Å². The molecular formula is C73H101N9O12. The van der Waals surface area contributed by atoms with Crippen molar-refractivity contribution in [2.75, 3.05) is 27.2 Å². The number of Topliss-reactive ketones (excluding diaryl/α,β-unsaturated/α-hetero) is 1. The standard InChI is InChI=1S/C73H101N9O12/c1-44(79(9)70(91)93-72(3,4)5)61(83)41-56(48-23-13-11-14-24-48)68(89)81-42-52(39-59(81)66(87)76-57-33-21-29-46-25-17-19-31-54(46)57)74-64(85)50-35-37-51(38-36-50)65(86)75-53-40-60(67(88)77-58-34-22-30-47-26-18-20-32-55(47)58)82(43-53)69(90)62(49-27-15-12-16-28-49)78-63(84)45(2)80(10)71(92)94-73(6,7)8/h17-20,25-26,31-32,35-38,44-45,48-49,52-53,56-60,62H,11-16,21-24,27-30,33-34,39-43H2,1-10H3,(H,74,85)(H,75,86)(H,76,87)(H,77,88)(H,78,84)/t44-,45-,52-,53-,56-,57+,58+,59-,60-,62-/m0/s1. The first-order valence-corrected chi connectivity index (χ1v) is 34.5. The third kappa shape index (κ3) is 17.5. The number of amides is 9. The van der Waals surface area contributed by atoms with Gasteiger partial charge in [-0.1, -0.05) is 87.1 Å². The smallest absolute Gasteiger partial charge is 0.410 e. The van der Waals surface area contributed by atoms with E-state index in [1.54, 1.807) is 60.3 Å². The molecule has 3 aromatic rings. The van der Waals surface area contributed by atoms with E-state index in [-0.39, 0.29) is 90.9 Å². The largest absolute Gasteiger partial charge is 0.444 e. The Labute approximate surface area is 554 Å². The number of likely N-dealkylation sites (N-methyl/N-ethyl adjacent to an activating group) is 2. The fourth-order valence-corrected chi connectivity index (χ4v) is 14.8. The van der Waals surface area contributed by atoms with Gasteiger partial charge in [0.15, 0.2) is 5.78 Å². The number of hydrogen-bond donors (Lipinski definition) is 5. The van der Waals surface area contributed by atoms with Gasteiger partial charge in [-0.3, -0.25) is 43.3 Å². The number of aryl methyl sites for hydroxylation is 2. The highest BCUT2D eigenvalue weighted by molar-refractivity contribution is 5.99. The van der Waals surface area contributed by atoms with E-state index in [1.807, 2.05) is 36.4 Å². The van der Waals surface area contributed by atoms with Crippen LogP contribution in [0.15, 0.2) is 72.8 Å². The summed E-state index contributed by atoms with van der Waals surface area (Å²) >= 11 is 0. The summed E-state index contributed by atoms with van der Waals surface area (Å²) in [6, 6.07) is 15.2. The zero-order valence-electron chi connectivity index (χ0n) is 56.9. The summed E-state index contributed by atoms with van der Waals surface area (Å²) in [5.41, 5.74) is 3.18. The number of carbonyl (C=O) groups excluding carboxylic acids is 10. The van der Waals surface area contributed by atoms with Crippen LogP contribution < -0.4 is 26.6 Å². The predicted octanol–water partition coefficient (Wildman–Crippen LogP) is 9.20. The molecule has 0 radical (unpaired) electrons. The molecule has 2 heterocycles. The van der Waals surface area contributed by atoms with Gasteiger partial charge in [0.2, 0.25) is 29.5 Å². The second kappa shape index (κ2) is 30.7. The van der Waals surface area contributed by atoms with Crippen LogP contribution in [0, 0.1) is 17.8 Å². The van der Waals surface area contributed by atoms with E-state index in [0.29, 0.717) is 25.7 Å². The number of nitrogens with one attached hydrogen (secondary N) is 5. The first kappa shape index (κ1) is 70.5. The molecule has 510 valence electrons. The van der Waals surface area contributed by atoms with Crippen LogP contribution in [-0.2, 0) is 51.1 Å². The maximum Gasteiger partial charge on any atom is 0.410 e. The van der Waals surface area contributed by atoms with Crippen LogP contribution >= 0.6 is 0 Å². The number of carbonyl (C=O) groups is 10. The second-order valence-corrected chi connectivity index (χ2v) is 29.3. The predicted molar refractivity (Wildman–Crippen MR) is 355 cm³/mol. The highest BCUT2D eigenvalue weighted by Crippen LogP contribution is 2.38. The minimum Gasteiger partial charge on any atom is -0.444 e. The van der Waals surface area contributed by atoms with Crippen LogP contribution in [0.5, 0.6) is 0 Å². The Balaban J connectivity index is 0.912. The lowest BCUT2D eigenvalue weighted by molar-refractivity contribution is -0.145. The molecule has 10 atom stereocenters. The zero-order valence-corrected chi connectivity index (χ0v) is 56.9. The molecule has 4 fully saturated rings. The summed E-state index contributed by atoms with van der Waals surface area (Å²) in [5.74, 6) is -4.53. The van der Waals surface area contributed by atoms with Gasteiger partial charge in [0.05, 0.1) is 18.1 Å². The van der Waals surface area contributed by atoms with Crippen molar-refractivity contribution in [3.8, 4) is 0 Å². The van der Waals surface area contributed by atoms with E-state index in [0.717, 1.165) is 99.3 Å². The Hall–Kier alpha value is -7.84. The molecule has 0 aromatic heterocycles. The summed E-state index contributed by atoms with van der Waals surface area (Å²) < 4.78 is 11.1. The van der Waals surface area contributed by atoms with Crippen LogP contribution in [0.2, 0.25) is 0 Å². The molecule has 21 heteroatoms. The monoisotopic (exact) mass is 1300 g/mol. The van der Waals surface area contributed by atoms with Crippen molar-refractivity contribution in [2.45, 2.75) is 243 Å². The zero-order chi connectivity index (χ0) is 67.8. The Bertz CT molecular complexity index is 3040. The number of ketones is 1. The van der Waals surface area contributed by atoms with Gasteiger partial charge < -0.3 is 50.8 Å². The molecule has 0 unspecified atom stereocenters. The van der Waals surface area contributed by atoms with Gasteiger partial charge in [-0.15, -0.1) is 0 Å². The summed E-state index contributed by atoms with van der Waals surface area (Å²) in [4.78, 5) is 149. The van der Waals surface area contributed by atoms with Gasteiger partial charge in [0, 0.05) is 62.7 Å². The number of fused-ring (bicyclic) bond motifs is 2. The third-order valence-electron chi connectivity index (χ3n) is 20.2. The Morgan fingerprint density at radius 2 is 0.926 bits per heavy atom. The average molecular weight is 1300 g/mol. The minimum absolute atomic E-state index is 0.00138. The molecule has 9 rings (SSSR count). The summed E-state index contributed by atoms with van der Waals surface area (Å²) in [5, 5.41) is 15.7. The van der Waals surface area contributed by atoms with Gasteiger partial charge in [0.1, 0.15) is 35.4 Å². The molecule has 2 saturated heterocycles. The van der Waals surface area contributed by atoms with Crippen molar-refractivity contribution in [1.29, 1.82) is 0 Å². The number of benzene rings is 3. The van der Waals surface area contributed by atoms with Crippen LogP contribution in [0.25, 0.3) is 0 Å². The van der Waals surface area contributed by atoms with Crippen molar-refractivity contribution in [3.63, 3.8) is 0 Å². The van der Waals surface area contributed by atoms with E-state index in [9.17, 15) is 38.4 Å². The molecule has 94 heavy (non-hydrogen) atoms. The lowest BCUT2D eigenvalue weighted by Crippen LogP contribution is -2.59.